The summed E-state index contributed by atoms with van der Waals surface area (Å²) in [5.74, 6) is 0.928. The molecule has 2 heterocycles. The summed E-state index contributed by atoms with van der Waals surface area (Å²) in [6.45, 7) is 2.45. The molecule has 1 N–H and O–H groups in total. The number of piperidine rings is 1. The maximum atomic E-state index is 11.9. The second kappa shape index (κ2) is 5.60. The predicted octanol–water partition coefficient (Wildman–Crippen LogP) is 2.32. The van der Waals surface area contributed by atoms with E-state index in [2.05, 4.69) is 20.9 Å². The highest BCUT2D eigenvalue weighted by Crippen LogP contribution is 2.37. The summed E-state index contributed by atoms with van der Waals surface area (Å²) in [4.78, 5) is 14.5. The normalized spacial score (nSPS) is 23.8. The maximum Gasteiger partial charge on any atom is 0.267 e. The van der Waals surface area contributed by atoms with Crippen LogP contribution in [0.2, 0.25) is 0 Å². The molecule has 2 aliphatic rings. The lowest BCUT2D eigenvalue weighted by Gasteiger charge is -2.36. The SMILES string of the molecule is CNC(=O)c1ccc([C@@H]2CCCCN2CC2CC2)n1C. The number of carbonyl (C=O) groups is 1. The van der Waals surface area contributed by atoms with Gasteiger partial charge in [0.1, 0.15) is 5.69 Å². The Morgan fingerprint density at radius 2 is 2.10 bits per heavy atom. The van der Waals surface area contributed by atoms with Crippen molar-refractivity contribution in [2.24, 2.45) is 13.0 Å². The van der Waals surface area contributed by atoms with E-state index in [1.54, 1.807) is 7.05 Å². The van der Waals surface area contributed by atoms with Crippen molar-refractivity contribution < 1.29 is 4.79 Å². The summed E-state index contributed by atoms with van der Waals surface area (Å²) in [5.41, 5.74) is 2.06. The van der Waals surface area contributed by atoms with E-state index in [9.17, 15) is 4.79 Å². The summed E-state index contributed by atoms with van der Waals surface area (Å²) >= 11 is 0. The zero-order valence-corrected chi connectivity index (χ0v) is 12.6. The van der Waals surface area contributed by atoms with Crippen LogP contribution < -0.4 is 5.32 Å². The Kier molecular flexibility index (Phi) is 3.83. The van der Waals surface area contributed by atoms with Crippen molar-refractivity contribution in [3.05, 3.63) is 23.5 Å². The second-order valence-corrected chi connectivity index (χ2v) is 6.23. The summed E-state index contributed by atoms with van der Waals surface area (Å²) in [5, 5.41) is 2.72. The van der Waals surface area contributed by atoms with Crippen LogP contribution in [0.5, 0.6) is 0 Å². The fraction of sp³-hybridized carbons (Fsp3) is 0.688. The minimum absolute atomic E-state index is 0.00306. The number of amides is 1. The first kappa shape index (κ1) is 13.7. The van der Waals surface area contributed by atoms with Gasteiger partial charge in [-0.2, -0.15) is 0 Å². The van der Waals surface area contributed by atoms with E-state index in [-0.39, 0.29) is 5.91 Å². The standard InChI is InChI=1S/C16H25N3O/c1-17-16(20)15-9-8-13(18(15)2)14-5-3-4-10-19(14)11-12-6-7-12/h8-9,12,14H,3-7,10-11H2,1-2H3,(H,17,20)/t14-/m0/s1. The molecule has 110 valence electrons. The average Bonchev–Trinajstić information content (AvgIpc) is 3.20. The van der Waals surface area contributed by atoms with E-state index in [1.165, 1.54) is 50.9 Å². The van der Waals surface area contributed by atoms with Gasteiger partial charge in [-0.15, -0.1) is 0 Å². The number of rotatable bonds is 4. The smallest absolute Gasteiger partial charge is 0.267 e. The largest absolute Gasteiger partial charge is 0.354 e. The highest BCUT2D eigenvalue weighted by atomic mass is 16.1. The van der Waals surface area contributed by atoms with Crippen LogP contribution in [-0.2, 0) is 7.05 Å². The van der Waals surface area contributed by atoms with Crippen LogP contribution in [0.15, 0.2) is 12.1 Å². The van der Waals surface area contributed by atoms with Gasteiger partial charge in [-0.05, 0) is 50.3 Å². The van der Waals surface area contributed by atoms with Crippen LogP contribution in [0.1, 0.15) is 54.3 Å². The molecule has 2 fully saturated rings. The van der Waals surface area contributed by atoms with E-state index in [0.717, 1.165) is 11.6 Å². The molecule has 1 aliphatic carbocycles. The third-order valence-corrected chi connectivity index (χ3v) is 4.77. The van der Waals surface area contributed by atoms with Crippen LogP contribution >= 0.6 is 0 Å². The Hall–Kier alpha value is -1.29. The zero-order chi connectivity index (χ0) is 14.1. The number of hydrogen-bond acceptors (Lipinski definition) is 2. The van der Waals surface area contributed by atoms with Gasteiger partial charge in [0.15, 0.2) is 0 Å². The third kappa shape index (κ3) is 2.62. The molecular formula is C16H25N3O. The van der Waals surface area contributed by atoms with Gasteiger partial charge in [0, 0.05) is 26.3 Å². The number of nitrogens with one attached hydrogen (secondary N) is 1. The van der Waals surface area contributed by atoms with Crippen molar-refractivity contribution in [1.82, 2.24) is 14.8 Å². The third-order valence-electron chi connectivity index (χ3n) is 4.77. The fourth-order valence-corrected chi connectivity index (χ4v) is 3.39. The molecule has 0 radical (unpaired) electrons. The molecule has 0 aromatic carbocycles. The lowest BCUT2D eigenvalue weighted by atomic mass is 9.99. The van der Waals surface area contributed by atoms with Crippen LogP contribution in [0.25, 0.3) is 0 Å². The van der Waals surface area contributed by atoms with Gasteiger partial charge in [-0.3, -0.25) is 9.69 Å². The summed E-state index contributed by atoms with van der Waals surface area (Å²) < 4.78 is 2.08. The molecule has 3 rings (SSSR count). The zero-order valence-electron chi connectivity index (χ0n) is 12.6. The molecule has 20 heavy (non-hydrogen) atoms. The molecule has 1 aliphatic heterocycles. The molecule has 1 atom stereocenters. The Morgan fingerprint density at radius 1 is 1.30 bits per heavy atom. The van der Waals surface area contributed by atoms with Crippen LogP contribution in [0, 0.1) is 5.92 Å². The Labute approximate surface area is 121 Å². The van der Waals surface area contributed by atoms with Crippen LogP contribution in [0.3, 0.4) is 0 Å². The van der Waals surface area contributed by atoms with Crippen molar-refractivity contribution in [1.29, 1.82) is 0 Å². The van der Waals surface area contributed by atoms with Crippen molar-refractivity contribution in [3.8, 4) is 0 Å². The Morgan fingerprint density at radius 3 is 2.80 bits per heavy atom. The molecule has 1 aromatic rings. The van der Waals surface area contributed by atoms with Gasteiger partial charge in [0.2, 0.25) is 0 Å². The summed E-state index contributed by atoms with van der Waals surface area (Å²) in [7, 11) is 3.71. The highest BCUT2D eigenvalue weighted by Gasteiger charge is 2.31. The maximum absolute atomic E-state index is 11.9. The Balaban J connectivity index is 1.81. The molecule has 1 saturated heterocycles. The van der Waals surface area contributed by atoms with Crippen molar-refractivity contribution in [3.63, 3.8) is 0 Å². The van der Waals surface area contributed by atoms with E-state index in [1.807, 2.05) is 13.1 Å². The van der Waals surface area contributed by atoms with Gasteiger partial charge in [-0.1, -0.05) is 6.42 Å². The van der Waals surface area contributed by atoms with Gasteiger partial charge in [0.05, 0.1) is 6.04 Å². The van der Waals surface area contributed by atoms with Crippen molar-refractivity contribution in [2.75, 3.05) is 20.1 Å². The quantitative estimate of drug-likeness (QED) is 0.915. The summed E-state index contributed by atoms with van der Waals surface area (Å²) in [6.07, 6.45) is 6.64. The molecular weight excluding hydrogens is 250 g/mol. The molecule has 1 amide bonds. The van der Waals surface area contributed by atoms with Gasteiger partial charge < -0.3 is 9.88 Å². The molecule has 0 spiro atoms. The van der Waals surface area contributed by atoms with E-state index >= 15 is 0 Å². The summed E-state index contributed by atoms with van der Waals surface area (Å²) in [6, 6.07) is 4.59. The minimum atomic E-state index is 0.00306. The van der Waals surface area contributed by atoms with E-state index in [4.69, 9.17) is 0 Å². The first-order chi connectivity index (χ1) is 9.70. The number of nitrogens with zero attached hydrogens (tertiary/aromatic N) is 2. The van der Waals surface area contributed by atoms with E-state index < -0.39 is 0 Å². The number of likely N-dealkylation sites (tertiary alicyclic amines) is 1. The predicted molar refractivity (Wildman–Crippen MR) is 79.7 cm³/mol. The molecule has 0 unspecified atom stereocenters. The number of carbonyl (C=O) groups excluding carboxylic acids is 1. The minimum Gasteiger partial charge on any atom is -0.354 e. The van der Waals surface area contributed by atoms with E-state index in [0.29, 0.717) is 6.04 Å². The average molecular weight is 275 g/mol. The number of hydrogen-bond donors (Lipinski definition) is 1. The van der Waals surface area contributed by atoms with Gasteiger partial charge >= 0.3 is 0 Å². The lowest BCUT2D eigenvalue weighted by molar-refractivity contribution is 0.0952. The van der Waals surface area contributed by atoms with Crippen molar-refractivity contribution >= 4 is 5.91 Å². The first-order valence-electron chi connectivity index (χ1n) is 7.82. The fourth-order valence-electron chi connectivity index (χ4n) is 3.39. The van der Waals surface area contributed by atoms with Crippen LogP contribution in [0.4, 0.5) is 0 Å². The molecule has 1 saturated carbocycles. The number of aromatic nitrogens is 1. The molecule has 1 aromatic heterocycles. The van der Waals surface area contributed by atoms with Crippen LogP contribution in [-0.4, -0.2) is 35.5 Å². The molecule has 4 nitrogen and oxygen atoms in total. The second-order valence-electron chi connectivity index (χ2n) is 6.23. The lowest BCUT2D eigenvalue weighted by Crippen LogP contribution is -2.36. The Bertz CT molecular complexity index is 490. The van der Waals surface area contributed by atoms with Gasteiger partial charge in [0.25, 0.3) is 5.91 Å². The molecule has 4 heteroatoms. The highest BCUT2D eigenvalue weighted by molar-refractivity contribution is 5.92. The first-order valence-corrected chi connectivity index (χ1v) is 7.82. The monoisotopic (exact) mass is 275 g/mol. The topological polar surface area (TPSA) is 37.3 Å². The van der Waals surface area contributed by atoms with Gasteiger partial charge in [-0.25, -0.2) is 0 Å². The van der Waals surface area contributed by atoms with Crippen molar-refractivity contribution in [2.45, 2.75) is 38.1 Å². The molecule has 0 bridgehead atoms.